The van der Waals surface area contributed by atoms with Gasteiger partial charge in [-0.2, -0.15) is 0 Å². The van der Waals surface area contributed by atoms with Gasteiger partial charge in [0.2, 0.25) is 0 Å². The Kier molecular flexibility index (Phi) is 5.12. The van der Waals surface area contributed by atoms with Crippen LogP contribution in [0, 0.1) is 0 Å². The van der Waals surface area contributed by atoms with Gasteiger partial charge >= 0.3 is 0 Å². The van der Waals surface area contributed by atoms with E-state index in [9.17, 15) is 4.79 Å². The minimum absolute atomic E-state index is 0.0121. The van der Waals surface area contributed by atoms with Gasteiger partial charge in [0.15, 0.2) is 0 Å². The largest absolute Gasteiger partial charge is 0.356 e. The lowest BCUT2D eigenvalue weighted by atomic mass is 10.1. The van der Waals surface area contributed by atoms with Gasteiger partial charge in [0.05, 0.1) is 11.1 Å². The maximum atomic E-state index is 13.3. The van der Waals surface area contributed by atoms with E-state index in [1.165, 1.54) is 0 Å². The number of hydrogen-bond donors (Lipinski definition) is 0. The highest BCUT2D eigenvalue weighted by atomic mass is 79.9. The second kappa shape index (κ2) is 7.69. The molecule has 2 heterocycles. The number of halogens is 1. The SMILES string of the molecule is CN(Cc1ccc(Br)cc1)C(=O)c1cc2ccccc2nc1N1CCCC1. The second-order valence-corrected chi connectivity index (χ2v) is 7.95. The molecule has 0 radical (unpaired) electrons. The molecule has 4 nitrogen and oxygen atoms in total. The number of carbonyl (C=O) groups is 1. The molecule has 4 rings (SSSR count). The average Bonchev–Trinajstić information content (AvgIpc) is 3.23. The molecule has 0 saturated carbocycles. The van der Waals surface area contributed by atoms with Gasteiger partial charge in [0, 0.05) is 36.5 Å². The van der Waals surface area contributed by atoms with Crippen molar-refractivity contribution in [3.8, 4) is 0 Å². The van der Waals surface area contributed by atoms with Gasteiger partial charge in [-0.3, -0.25) is 4.79 Å². The summed E-state index contributed by atoms with van der Waals surface area (Å²) < 4.78 is 1.04. The number of benzene rings is 2. The molecule has 1 amide bonds. The zero-order chi connectivity index (χ0) is 18.8. The molecule has 1 aliphatic heterocycles. The van der Waals surface area contributed by atoms with Gasteiger partial charge in [-0.1, -0.05) is 46.3 Å². The van der Waals surface area contributed by atoms with E-state index in [0.29, 0.717) is 12.1 Å². The number of rotatable bonds is 4. The van der Waals surface area contributed by atoms with Crippen molar-refractivity contribution >= 4 is 38.6 Å². The number of nitrogens with zero attached hydrogens (tertiary/aromatic N) is 3. The quantitative estimate of drug-likeness (QED) is 0.600. The first kappa shape index (κ1) is 18.0. The maximum absolute atomic E-state index is 13.3. The van der Waals surface area contributed by atoms with Crippen LogP contribution in [0.15, 0.2) is 59.1 Å². The second-order valence-electron chi connectivity index (χ2n) is 7.03. The Labute approximate surface area is 167 Å². The molecule has 27 heavy (non-hydrogen) atoms. The van der Waals surface area contributed by atoms with Crippen LogP contribution in [0.3, 0.4) is 0 Å². The lowest BCUT2D eigenvalue weighted by Gasteiger charge is -2.24. The van der Waals surface area contributed by atoms with E-state index < -0.39 is 0 Å². The maximum Gasteiger partial charge on any atom is 0.257 e. The van der Waals surface area contributed by atoms with E-state index in [1.807, 2.05) is 61.6 Å². The minimum Gasteiger partial charge on any atom is -0.356 e. The van der Waals surface area contributed by atoms with Gasteiger partial charge in [-0.15, -0.1) is 0 Å². The Morgan fingerprint density at radius 2 is 1.81 bits per heavy atom. The molecule has 0 atom stereocenters. The van der Waals surface area contributed by atoms with E-state index in [0.717, 1.165) is 52.7 Å². The molecule has 5 heteroatoms. The Bertz CT molecular complexity index is 965. The summed E-state index contributed by atoms with van der Waals surface area (Å²) >= 11 is 3.45. The molecule has 3 aromatic rings. The van der Waals surface area contributed by atoms with Crippen molar-refractivity contribution in [2.45, 2.75) is 19.4 Å². The van der Waals surface area contributed by atoms with Gasteiger partial charge in [-0.05, 0) is 42.7 Å². The van der Waals surface area contributed by atoms with E-state index in [4.69, 9.17) is 4.98 Å². The van der Waals surface area contributed by atoms with Gasteiger partial charge in [0.25, 0.3) is 5.91 Å². The Morgan fingerprint density at radius 1 is 1.11 bits per heavy atom. The molecule has 1 saturated heterocycles. The van der Waals surface area contributed by atoms with Crippen LogP contribution in [-0.2, 0) is 6.54 Å². The predicted molar refractivity (Wildman–Crippen MR) is 113 cm³/mol. The molecule has 1 fully saturated rings. The highest BCUT2D eigenvalue weighted by Gasteiger charge is 2.24. The molecular weight excluding hydrogens is 402 g/mol. The smallest absolute Gasteiger partial charge is 0.257 e. The molecular formula is C22H22BrN3O. The zero-order valence-corrected chi connectivity index (χ0v) is 16.9. The lowest BCUT2D eigenvalue weighted by molar-refractivity contribution is 0.0785. The molecule has 0 N–H and O–H groups in total. The predicted octanol–water partition coefficient (Wildman–Crippen LogP) is 4.87. The zero-order valence-electron chi connectivity index (χ0n) is 15.4. The van der Waals surface area contributed by atoms with Crippen molar-refractivity contribution in [3.63, 3.8) is 0 Å². The number of fused-ring (bicyclic) bond motifs is 1. The average molecular weight is 424 g/mol. The van der Waals surface area contributed by atoms with Crippen LogP contribution < -0.4 is 4.90 Å². The van der Waals surface area contributed by atoms with E-state index in [2.05, 4.69) is 20.8 Å². The van der Waals surface area contributed by atoms with Gasteiger partial charge in [0.1, 0.15) is 5.82 Å². The summed E-state index contributed by atoms with van der Waals surface area (Å²) in [5.41, 5.74) is 2.73. The number of amides is 1. The summed E-state index contributed by atoms with van der Waals surface area (Å²) in [7, 11) is 1.85. The molecule has 1 aliphatic rings. The molecule has 2 aromatic carbocycles. The third-order valence-electron chi connectivity index (χ3n) is 5.02. The number of para-hydroxylation sites is 1. The topological polar surface area (TPSA) is 36.4 Å². The van der Waals surface area contributed by atoms with Crippen LogP contribution in [0.5, 0.6) is 0 Å². The van der Waals surface area contributed by atoms with Gasteiger partial charge in [-0.25, -0.2) is 4.98 Å². The summed E-state index contributed by atoms with van der Waals surface area (Å²) in [4.78, 5) is 22.2. The van der Waals surface area contributed by atoms with Crippen LogP contribution >= 0.6 is 15.9 Å². The first-order valence-corrected chi connectivity index (χ1v) is 10.1. The van der Waals surface area contributed by atoms with E-state index >= 15 is 0 Å². The van der Waals surface area contributed by atoms with E-state index in [-0.39, 0.29) is 5.91 Å². The summed E-state index contributed by atoms with van der Waals surface area (Å²) in [5.74, 6) is 0.830. The highest BCUT2D eigenvalue weighted by Crippen LogP contribution is 2.28. The number of carbonyl (C=O) groups excluding carboxylic acids is 1. The molecule has 0 spiro atoms. The highest BCUT2D eigenvalue weighted by molar-refractivity contribution is 9.10. The minimum atomic E-state index is 0.0121. The van der Waals surface area contributed by atoms with E-state index in [1.54, 1.807) is 4.90 Å². The number of aromatic nitrogens is 1. The summed E-state index contributed by atoms with van der Waals surface area (Å²) in [5, 5.41) is 1.00. The molecule has 0 bridgehead atoms. The third kappa shape index (κ3) is 3.83. The monoisotopic (exact) mass is 423 g/mol. The van der Waals surface area contributed by atoms with Crippen LogP contribution in [-0.4, -0.2) is 35.9 Å². The normalized spacial score (nSPS) is 13.9. The first-order chi connectivity index (χ1) is 13.1. The molecule has 0 unspecified atom stereocenters. The van der Waals surface area contributed by atoms with Crippen molar-refractivity contribution in [1.82, 2.24) is 9.88 Å². The lowest BCUT2D eigenvalue weighted by Crippen LogP contribution is -2.30. The van der Waals surface area contributed by atoms with Crippen LogP contribution in [0.1, 0.15) is 28.8 Å². The van der Waals surface area contributed by atoms with Crippen molar-refractivity contribution in [3.05, 3.63) is 70.2 Å². The fourth-order valence-electron chi connectivity index (χ4n) is 3.57. The summed E-state index contributed by atoms with van der Waals surface area (Å²) in [6, 6.07) is 18.1. The first-order valence-electron chi connectivity index (χ1n) is 9.26. The fraction of sp³-hybridized carbons (Fsp3) is 0.273. The summed E-state index contributed by atoms with van der Waals surface area (Å²) in [6.45, 7) is 2.49. The molecule has 138 valence electrons. The van der Waals surface area contributed by atoms with Crippen molar-refractivity contribution < 1.29 is 4.79 Å². The fourth-order valence-corrected chi connectivity index (χ4v) is 3.84. The standard InChI is InChI=1S/C22H22BrN3O/c1-25(15-16-8-10-18(23)11-9-16)22(27)19-14-17-6-2-3-7-20(17)24-21(19)26-12-4-5-13-26/h2-3,6-11,14H,4-5,12-13,15H2,1H3. The van der Waals surface area contributed by atoms with Gasteiger partial charge < -0.3 is 9.80 Å². The molecule has 1 aromatic heterocycles. The number of anilines is 1. The Hall–Kier alpha value is -2.40. The van der Waals surface area contributed by atoms with Crippen LogP contribution in [0.4, 0.5) is 5.82 Å². The Morgan fingerprint density at radius 3 is 2.56 bits per heavy atom. The van der Waals surface area contributed by atoms with Crippen LogP contribution in [0.25, 0.3) is 10.9 Å². The Balaban J connectivity index is 1.68. The van der Waals surface area contributed by atoms with Crippen molar-refractivity contribution in [2.24, 2.45) is 0 Å². The summed E-state index contributed by atoms with van der Waals surface area (Å²) in [6.07, 6.45) is 2.30. The van der Waals surface area contributed by atoms with Crippen LogP contribution in [0.2, 0.25) is 0 Å². The van der Waals surface area contributed by atoms with Crippen molar-refractivity contribution in [1.29, 1.82) is 0 Å². The molecule has 0 aliphatic carbocycles. The van der Waals surface area contributed by atoms with Crippen molar-refractivity contribution in [2.75, 3.05) is 25.0 Å². The number of hydrogen-bond acceptors (Lipinski definition) is 3. The third-order valence-corrected chi connectivity index (χ3v) is 5.55. The number of pyridine rings is 1.